The van der Waals surface area contributed by atoms with Gasteiger partial charge in [-0.05, 0) is 84.9 Å². The molecule has 0 saturated carbocycles. The molecule has 10 rings (SSSR count). The lowest BCUT2D eigenvalue weighted by Gasteiger charge is -2.32. The molecule has 0 amide bonds. The molecule has 9 aromatic carbocycles. The molecule has 0 atom stereocenters. The highest BCUT2D eigenvalue weighted by Crippen LogP contribution is 2.53. The van der Waals surface area contributed by atoms with E-state index in [1.54, 1.807) is 0 Å². The standard InChI is InChI=1S/C54H37Br2NO3P2/c55-38-26-30-51-47(34-38)49-36-45(61(58,41-18-8-2-9-19-41)42-20-10-3-11-21-42)28-32-53(49)60-54-33-29-46(62(59,43-22-12-4-13-23-43)44-24-14-5-15-25-44)37-50(54)48-35-39(56)27-31-52(48)57(51)40-16-6-1-7-17-40/h1-37H. The minimum atomic E-state index is -3.39. The lowest BCUT2D eigenvalue weighted by atomic mass is 9.96. The molecule has 1 heterocycles. The SMILES string of the molecule is O=P(c1ccccc1)(c1ccccc1)c1ccc2c(c1)-c1cc(Br)ccc1N(c1ccccc1)c1ccc(Br)cc1-c1cc(P(=O)(c3ccccc3)c3ccccc3)ccc1O2. The molecule has 1 aliphatic rings. The summed E-state index contributed by atoms with van der Waals surface area (Å²) in [6.45, 7) is 0. The van der Waals surface area contributed by atoms with E-state index in [4.69, 9.17) is 4.74 Å². The van der Waals surface area contributed by atoms with Crippen molar-refractivity contribution in [3.8, 4) is 33.8 Å². The van der Waals surface area contributed by atoms with Crippen LogP contribution in [0.25, 0.3) is 22.3 Å². The van der Waals surface area contributed by atoms with Crippen LogP contribution >= 0.6 is 46.1 Å². The zero-order valence-electron chi connectivity index (χ0n) is 33.2. The molecular formula is C54H37Br2NO3P2. The van der Waals surface area contributed by atoms with E-state index >= 15 is 9.13 Å². The minimum absolute atomic E-state index is 0.579. The minimum Gasteiger partial charge on any atom is -0.456 e. The normalized spacial score (nSPS) is 12.3. The largest absolute Gasteiger partial charge is 0.456 e. The zero-order chi connectivity index (χ0) is 42.3. The maximum Gasteiger partial charge on any atom is 0.171 e. The van der Waals surface area contributed by atoms with E-state index in [0.717, 1.165) is 69.5 Å². The van der Waals surface area contributed by atoms with E-state index in [-0.39, 0.29) is 0 Å². The van der Waals surface area contributed by atoms with Crippen LogP contribution in [0.2, 0.25) is 0 Å². The first kappa shape index (κ1) is 40.1. The lowest BCUT2D eigenvalue weighted by Crippen LogP contribution is -2.25. The van der Waals surface area contributed by atoms with Crippen LogP contribution < -0.4 is 41.5 Å². The Kier molecular flexibility index (Phi) is 10.8. The first-order chi connectivity index (χ1) is 30.3. The molecule has 0 fully saturated rings. The van der Waals surface area contributed by atoms with E-state index in [2.05, 4.69) is 73.2 Å². The summed E-state index contributed by atoms with van der Waals surface area (Å²) in [6, 6.07) is 73.6. The summed E-state index contributed by atoms with van der Waals surface area (Å²) in [5.41, 5.74) is 5.99. The van der Waals surface area contributed by atoms with E-state index in [0.29, 0.717) is 22.1 Å². The van der Waals surface area contributed by atoms with Crippen molar-refractivity contribution in [2.75, 3.05) is 4.90 Å². The van der Waals surface area contributed by atoms with Crippen molar-refractivity contribution in [2.24, 2.45) is 0 Å². The average molecular weight is 970 g/mol. The second kappa shape index (κ2) is 16.7. The Bertz CT molecular complexity index is 2900. The van der Waals surface area contributed by atoms with Gasteiger partial charge in [-0.1, -0.05) is 171 Å². The first-order valence-electron chi connectivity index (χ1n) is 20.2. The van der Waals surface area contributed by atoms with Crippen LogP contribution in [0, 0.1) is 0 Å². The molecule has 300 valence electrons. The number of ether oxygens (including phenoxy) is 1. The van der Waals surface area contributed by atoms with Crippen LogP contribution in [0.5, 0.6) is 11.5 Å². The number of rotatable bonds is 7. The summed E-state index contributed by atoms with van der Waals surface area (Å²) in [6.07, 6.45) is 0. The summed E-state index contributed by atoms with van der Waals surface area (Å²) >= 11 is 7.63. The number of benzene rings is 9. The van der Waals surface area contributed by atoms with Crippen LogP contribution in [0.15, 0.2) is 233 Å². The van der Waals surface area contributed by atoms with Gasteiger partial charge >= 0.3 is 0 Å². The summed E-state index contributed by atoms with van der Waals surface area (Å²) in [5.74, 6) is 1.16. The average Bonchev–Trinajstić information content (AvgIpc) is 3.33. The summed E-state index contributed by atoms with van der Waals surface area (Å²) in [7, 11) is -6.78. The van der Waals surface area contributed by atoms with E-state index in [1.807, 2.05) is 188 Å². The fourth-order valence-corrected chi connectivity index (χ4v) is 14.5. The van der Waals surface area contributed by atoms with Crippen molar-refractivity contribution in [1.82, 2.24) is 0 Å². The zero-order valence-corrected chi connectivity index (χ0v) is 38.1. The van der Waals surface area contributed by atoms with Crippen molar-refractivity contribution in [1.29, 1.82) is 0 Å². The maximum atomic E-state index is 15.9. The van der Waals surface area contributed by atoms with Crippen molar-refractivity contribution in [3.05, 3.63) is 233 Å². The Hall–Kier alpha value is -6.00. The summed E-state index contributed by atoms with van der Waals surface area (Å²) in [5, 5.41) is 4.32. The third-order valence-corrected chi connectivity index (χ3v) is 18.4. The number of fused-ring (bicyclic) bond motifs is 6. The van der Waals surface area contributed by atoms with Crippen LogP contribution in [-0.4, -0.2) is 0 Å². The highest BCUT2D eigenvalue weighted by molar-refractivity contribution is 9.10. The molecule has 4 nitrogen and oxygen atoms in total. The maximum absolute atomic E-state index is 15.9. The summed E-state index contributed by atoms with van der Waals surface area (Å²) < 4.78 is 40.8. The Labute approximate surface area is 378 Å². The second-order valence-corrected chi connectivity index (χ2v) is 22.4. The molecule has 0 N–H and O–H groups in total. The van der Waals surface area contributed by atoms with Crippen molar-refractivity contribution in [3.63, 3.8) is 0 Å². The molecular weight excluding hydrogens is 932 g/mol. The molecule has 0 spiro atoms. The Balaban J connectivity index is 1.29. The van der Waals surface area contributed by atoms with Crippen LogP contribution in [-0.2, 0) is 9.13 Å². The molecule has 1 aliphatic heterocycles. The predicted octanol–water partition coefficient (Wildman–Crippen LogP) is 13.4. The number of anilines is 3. The third kappa shape index (κ3) is 7.12. The molecule has 9 aromatic rings. The van der Waals surface area contributed by atoms with Gasteiger partial charge in [0.1, 0.15) is 11.5 Å². The summed E-state index contributed by atoms with van der Waals surface area (Å²) in [4.78, 5) is 2.27. The lowest BCUT2D eigenvalue weighted by molar-refractivity contribution is 0.486. The smallest absolute Gasteiger partial charge is 0.171 e. The van der Waals surface area contributed by atoms with Gasteiger partial charge in [-0.25, -0.2) is 0 Å². The van der Waals surface area contributed by atoms with Crippen LogP contribution in [0.1, 0.15) is 0 Å². The quantitative estimate of drug-likeness (QED) is 0.149. The van der Waals surface area contributed by atoms with Crippen LogP contribution in [0.3, 0.4) is 0 Å². The van der Waals surface area contributed by atoms with Crippen molar-refractivity contribution >= 4 is 95.0 Å². The molecule has 0 bridgehead atoms. The highest BCUT2D eigenvalue weighted by Gasteiger charge is 2.34. The van der Waals surface area contributed by atoms with E-state index in [1.165, 1.54) is 0 Å². The van der Waals surface area contributed by atoms with Gasteiger partial charge in [0.25, 0.3) is 0 Å². The van der Waals surface area contributed by atoms with Gasteiger partial charge in [-0.2, -0.15) is 0 Å². The molecule has 8 heteroatoms. The predicted molar refractivity (Wildman–Crippen MR) is 266 cm³/mol. The molecule has 0 aromatic heterocycles. The van der Waals surface area contributed by atoms with Crippen molar-refractivity contribution < 1.29 is 13.9 Å². The number of hydrogen-bond donors (Lipinski definition) is 0. The third-order valence-electron chi connectivity index (χ3n) is 11.3. The van der Waals surface area contributed by atoms with E-state index < -0.39 is 14.3 Å². The number of nitrogens with zero attached hydrogens (tertiary/aromatic N) is 1. The monoisotopic (exact) mass is 967 g/mol. The molecule has 62 heavy (non-hydrogen) atoms. The Morgan fingerprint density at radius 3 is 1.03 bits per heavy atom. The highest BCUT2D eigenvalue weighted by atomic mass is 79.9. The van der Waals surface area contributed by atoms with Crippen LogP contribution in [0.4, 0.5) is 17.1 Å². The fraction of sp³-hybridized carbons (Fsp3) is 0. The molecule has 0 saturated heterocycles. The van der Waals surface area contributed by atoms with Gasteiger partial charge in [-0.3, -0.25) is 0 Å². The topological polar surface area (TPSA) is 46.6 Å². The van der Waals surface area contributed by atoms with Gasteiger partial charge in [0.2, 0.25) is 0 Å². The van der Waals surface area contributed by atoms with Crippen molar-refractivity contribution in [2.45, 2.75) is 0 Å². The molecule has 0 unspecified atom stereocenters. The Morgan fingerprint density at radius 1 is 0.339 bits per heavy atom. The van der Waals surface area contributed by atoms with E-state index in [9.17, 15) is 0 Å². The number of hydrogen-bond acceptors (Lipinski definition) is 4. The van der Waals surface area contributed by atoms with Gasteiger partial charge in [0.15, 0.2) is 14.3 Å². The van der Waals surface area contributed by atoms with Gasteiger partial charge in [-0.15, -0.1) is 0 Å². The Morgan fingerprint density at radius 2 is 0.677 bits per heavy atom. The number of halogens is 2. The number of para-hydroxylation sites is 1. The molecule has 0 aliphatic carbocycles. The van der Waals surface area contributed by atoms with Gasteiger partial charge < -0.3 is 18.8 Å². The first-order valence-corrected chi connectivity index (χ1v) is 25.2. The fourth-order valence-electron chi connectivity index (χ4n) is 8.41. The van der Waals surface area contributed by atoms with Gasteiger partial charge in [0.05, 0.1) is 11.4 Å². The second-order valence-electron chi connectivity index (χ2n) is 15.0. The van der Waals surface area contributed by atoms with Gasteiger partial charge in [0, 0.05) is 68.7 Å². The molecule has 0 radical (unpaired) electrons.